The maximum atomic E-state index is 9.74. The largest absolute Gasteiger partial charge is 0.395 e. The third-order valence-electron chi connectivity index (χ3n) is 3.93. The van der Waals surface area contributed by atoms with Crippen molar-refractivity contribution in [3.63, 3.8) is 0 Å². The normalized spacial score (nSPS) is 24.4. The van der Waals surface area contributed by atoms with E-state index in [1.165, 1.54) is 0 Å². The zero-order valence-corrected chi connectivity index (χ0v) is 10.9. The number of aliphatic hydroxyl groups is 2. The van der Waals surface area contributed by atoms with Gasteiger partial charge < -0.3 is 14.9 Å². The van der Waals surface area contributed by atoms with Gasteiger partial charge in [-0.05, 0) is 31.7 Å². The van der Waals surface area contributed by atoms with E-state index in [-0.39, 0.29) is 19.3 Å². The molecule has 0 spiro atoms. The number of hydrogen-bond donors (Lipinski definition) is 2. The smallest absolute Gasteiger partial charge is 0.0590 e. The lowest BCUT2D eigenvalue weighted by molar-refractivity contribution is 0.0113. The standard InChI is InChI=1S/C15H22O3/c1-12-7-8-14(18-12)9-15(10-16,11-17)13-5-3-2-4-6-13/h2-6,12,14,16-17H,7-11H2,1H3. The van der Waals surface area contributed by atoms with Gasteiger partial charge >= 0.3 is 0 Å². The Morgan fingerprint density at radius 3 is 2.33 bits per heavy atom. The third kappa shape index (κ3) is 2.74. The molecule has 0 amide bonds. The van der Waals surface area contributed by atoms with Crippen molar-refractivity contribution in [2.45, 2.75) is 43.8 Å². The average molecular weight is 250 g/mol. The molecule has 3 nitrogen and oxygen atoms in total. The van der Waals surface area contributed by atoms with Crippen molar-refractivity contribution in [1.82, 2.24) is 0 Å². The van der Waals surface area contributed by atoms with E-state index < -0.39 is 5.41 Å². The predicted molar refractivity (Wildman–Crippen MR) is 70.5 cm³/mol. The molecule has 2 atom stereocenters. The Morgan fingerprint density at radius 2 is 1.83 bits per heavy atom. The Hall–Kier alpha value is -0.900. The van der Waals surface area contributed by atoms with Crippen LogP contribution in [-0.4, -0.2) is 35.6 Å². The first-order chi connectivity index (χ1) is 8.70. The second-order valence-corrected chi connectivity index (χ2v) is 5.31. The number of ether oxygens (including phenoxy) is 1. The highest BCUT2D eigenvalue weighted by atomic mass is 16.5. The van der Waals surface area contributed by atoms with Crippen molar-refractivity contribution in [2.75, 3.05) is 13.2 Å². The summed E-state index contributed by atoms with van der Waals surface area (Å²) in [5, 5.41) is 19.5. The van der Waals surface area contributed by atoms with Crippen LogP contribution >= 0.6 is 0 Å². The Labute approximate surface area is 108 Å². The van der Waals surface area contributed by atoms with E-state index in [0.29, 0.717) is 12.5 Å². The highest BCUT2D eigenvalue weighted by Crippen LogP contribution is 2.34. The lowest BCUT2D eigenvalue weighted by Crippen LogP contribution is -2.38. The minimum atomic E-state index is -0.587. The van der Waals surface area contributed by atoms with Crippen LogP contribution in [0.25, 0.3) is 0 Å². The van der Waals surface area contributed by atoms with Crippen molar-refractivity contribution in [2.24, 2.45) is 0 Å². The molecule has 0 radical (unpaired) electrons. The summed E-state index contributed by atoms with van der Waals surface area (Å²) >= 11 is 0. The second kappa shape index (κ2) is 5.83. The van der Waals surface area contributed by atoms with E-state index in [2.05, 4.69) is 6.92 Å². The Kier molecular flexibility index (Phi) is 4.38. The summed E-state index contributed by atoms with van der Waals surface area (Å²) in [5.74, 6) is 0. The third-order valence-corrected chi connectivity index (χ3v) is 3.93. The minimum Gasteiger partial charge on any atom is -0.395 e. The molecule has 1 heterocycles. The Balaban J connectivity index is 2.16. The molecule has 1 aliphatic heterocycles. The van der Waals surface area contributed by atoms with Gasteiger partial charge in [0.15, 0.2) is 0 Å². The van der Waals surface area contributed by atoms with Crippen molar-refractivity contribution >= 4 is 0 Å². The van der Waals surface area contributed by atoms with Gasteiger partial charge in [0.05, 0.1) is 25.4 Å². The number of rotatable bonds is 5. The maximum absolute atomic E-state index is 9.74. The van der Waals surface area contributed by atoms with Gasteiger partial charge in [0.2, 0.25) is 0 Å². The molecule has 0 bridgehead atoms. The van der Waals surface area contributed by atoms with Crippen molar-refractivity contribution in [1.29, 1.82) is 0 Å². The molecule has 0 aliphatic carbocycles. The molecule has 1 aromatic carbocycles. The quantitative estimate of drug-likeness (QED) is 0.838. The molecule has 1 aromatic rings. The van der Waals surface area contributed by atoms with Gasteiger partial charge in [-0.1, -0.05) is 30.3 Å². The molecule has 0 saturated carbocycles. The van der Waals surface area contributed by atoms with Gasteiger partial charge in [0.25, 0.3) is 0 Å². The summed E-state index contributed by atoms with van der Waals surface area (Å²) in [5.41, 5.74) is 0.397. The van der Waals surface area contributed by atoms with Crippen molar-refractivity contribution < 1.29 is 14.9 Å². The van der Waals surface area contributed by atoms with Crippen LogP contribution in [0, 0.1) is 0 Å². The summed E-state index contributed by atoms with van der Waals surface area (Å²) in [4.78, 5) is 0. The highest BCUT2D eigenvalue weighted by molar-refractivity contribution is 5.26. The van der Waals surface area contributed by atoms with Crippen LogP contribution in [0.15, 0.2) is 30.3 Å². The Morgan fingerprint density at radius 1 is 1.17 bits per heavy atom. The molecule has 1 saturated heterocycles. The molecule has 1 aliphatic rings. The van der Waals surface area contributed by atoms with E-state index in [9.17, 15) is 10.2 Å². The first-order valence-electron chi connectivity index (χ1n) is 6.63. The van der Waals surface area contributed by atoms with Crippen LogP contribution in [-0.2, 0) is 10.2 Å². The van der Waals surface area contributed by atoms with Crippen LogP contribution < -0.4 is 0 Å². The summed E-state index contributed by atoms with van der Waals surface area (Å²) in [7, 11) is 0. The molecule has 100 valence electrons. The lowest BCUT2D eigenvalue weighted by Gasteiger charge is -2.32. The minimum absolute atomic E-state index is 0.0538. The highest BCUT2D eigenvalue weighted by Gasteiger charge is 2.36. The molecule has 18 heavy (non-hydrogen) atoms. The van der Waals surface area contributed by atoms with E-state index >= 15 is 0 Å². The summed E-state index contributed by atoms with van der Waals surface area (Å²) in [6.45, 7) is 1.96. The van der Waals surface area contributed by atoms with Crippen LogP contribution in [0.2, 0.25) is 0 Å². The first kappa shape index (κ1) is 13.5. The van der Waals surface area contributed by atoms with Gasteiger partial charge in [0.1, 0.15) is 0 Å². The first-order valence-corrected chi connectivity index (χ1v) is 6.63. The van der Waals surface area contributed by atoms with E-state index in [1.807, 2.05) is 30.3 Å². The summed E-state index contributed by atoms with van der Waals surface area (Å²) < 4.78 is 5.82. The van der Waals surface area contributed by atoms with Crippen molar-refractivity contribution in [3.05, 3.63) is 35.9 Å². The number of hydrogen-bond acceptors (Lipinski definition) is 3. The van der Waals surface area contributed by atoms with Gasteiger partial charge in [-0.15, -0.1) is 0 Å². The summed E-state index contributed by atoms with van der Waals surface area (Å²) in [6, 6.07) is 9.74. The molecule has 0 aromatic heterocycles. The second-order valence-electron chi connectivity index (χ2n) is 5.31. The predicted octanol–water partition coefficient (Wildman–Crippen LogP) is 1.87. The van der Waals surface area contributed by atoms with E-state index in [1.54, 1.807) is 0 Å². The number of aliphatic hydroxyl groups excluding tert-OH is 2. The fraction of sp³-hybridized carbons (Fsp3) is 0.600. The van der Waals surface area contributed by atoms with Crippen molar-refractivity contribution in [3.8, 4) is 0 Å². The van der Waals surface area contributed by atoms with E-state index in [0.717, 1.165) is 18.4 Å². The van der Waals surface area contributed by atoms with Crippen LogP contribution in [0.5, 0.6) is 0 Å². The zero-order chi connectivity index (χ0) is 13.0. The molecular weight excluding hydrogens is 228 g/mol. The van der Waals surface area contributed by atoms with Gasteiger partial charge in [-0.25, -0.2) is 0 Å². The Bertz CT molecular complexity index is 359. The maximum Gasteiger partial charge on any atom is 0.0590 e. The molecule has 1 fully saturated rings. The van der Waals surface area contributed by atoms with Crippen LogP contribution in [0.1, 0.15) is 31.7 Å². The van der Waals surface area contributed by atoms with Gasteiger partial charge in [0, 0.05) is 5.41 Å². The van der Waals surface area contributed by atoms with Gasteiger partial charge in [-0.3, -0.25) is 0 Å². The number of benzene rings is 1. The molecule has 2 unspecified atom stereocenters. The molecule has 3 heteroatoms. The van der Waals surface area contributed by atoms with E-state index in [4.69, 9.17) is 4.74 Å². The monoisotopic (exact) mass is 250 g/mol. The summed E-state index contributed by atoms with van der Waals surface area (Å²) in [6.07, 6.45) is 3.18. The fourth-order valence-corrected chi connectivity index (χ4v) is 2.74. The van der Waals surface area contributed by atoms with Crippen LogP contribution in [0.3, 0.4) is 0 Å². The molecule has 2 rings (SSSR count). The SMILES string of the molecule is CC1CCC(CC(CO)(CO)c2ccccc2)O1. The molecular formula is C15H22O3. The average Bonchev–Trinajstić information content (AvgIpc) is 2.82. The zero-order valence-electron chi connectivity index (χ0n) is 10.9. The molecule has 2 N–H and O–H groups in total. The van der Waals surface area contributed by atoms with Gasteiger partial charge in [-0.2, -0.15) is 0 Å². The lowest BCUT2D eigenvalue weighted by atomic mass is 9.77. The van der Waals surface area contributed by atoms with Crippen LogP contribution in [0.4, 0.5) is 0 Å². The topological polar surface area (TPSA) is 49.7 Å². The fourth-order valence-electron chi connectivity index (χ4n) is 2.74.